The number of hydrogen-bond donors (Lipinski definition) is 0. The summed E-state index contributed by atoms with van der Waals surface area (Å²) < 4.78 is 1.90. The predicted molar refractivity (Wildman–Crippen MR) is 61.4 cm³/mol. The number of fused-ring (bicyclic) bond motifs is 5. The van der Waals surface area contributed by atoms with Crippen molar-refractivity contribution in [3.05, 3.63) is 37.3 Å². The van der Waals surface area contributed by atoms with E-state index in [4.69, 9.17) is 0 Å². The molecular weight excluding hydrogens is 216 g/mol. The molecule has 0 spiro atoms. The maximum Gasteiger partial charge on any atom is 0.167 e. The summed E-state index contributed by atoms with van der Waals surface area (Å²) in [5, 5.41) is 0.839. The Kier molecular flexibility index (Phi) is 1.47. The number of pyridine rings is 1. The number of imidazole rings is 1. The molecule has 4 aromatic rings. The molecule has 0 aliphatic carbocycles. The molecule has 0 aliphatic heterocycles. The fourth-order valence-corrected chi connectivity index (χ4v) is 1.94. The van der Waals surface area contributed by atoms with E-state index in [9.17, 15) is 0 Å². The Morgan fingerprint density at radius 2 is 2.06 bits per heavy atom. The third-order valence-corrected chi connectivity index (χ3v) is 2.72. The van der Waals surface area contributed by atoms with Gasteiger partial charge in [-0.25, -0.2) is 19.9 Å². The molecule has 4 aromatic heterocycles. The fraction of sp³-hybridized carbons (Fsp3) is 0. The van der Waals surface area contributed by atoms with Crippen molar-refractivity contribution in [2.75, 3.05) is 0 Å². The van der Waals surface area contributed by atoms with E-state index >= 15 is 0 Å². The molecule has 0 N–H and O–H groups in total. The van der Waals surface area contributed by atoms with Gasteiger partial charge in [0.25, 0.3) is 0 Å². The molecule has 0 bridgehead atoms. The molecule has 0 saturated carbocycles. The highest BCUT2D eigenvalue weighted by atomic mass is 15.1. The van der Waals surface area contributed by atoms with Crippen molar-refractivity contribution in [2.24, 2.45) is 0 Å². The first-order valence-electron chi connectivity index (χ1n) is 5.10. The smallest absolute Gasteiger partial charge is 0.167 e. The maximum atomic E-state index is 4.55. The lowest BCUT2D eigenvalue weighted by molar-refractivity contribution is 1.10. The molecule has 0 atom stereocenters. The number of rotatable bonds is 0. The second kappa shape index (κ2) is 2.94. The van der Waals surface area contributed by atoms with Crippen LogP contribution >= 0.6 is 0 Å². The van der Waals surface area contributed by atoms with Gasteiger partial charge in [0.2, 0.25) is 0 Å². The van der Waals surface area contributed by atoms with E-state index in [1.54, 1.807) is 24.9 Å². The van der Waals surface area contributed by atoms with Crippen LogP contribution in [0.25, 0.3) is 27.7 Å². The molecule has 4 rings (SSSR count). The predicted octanol–water partition coefficient (Wildman–Crippen LogP) is 1.22. The summed E-state index contributed by atoms with van der Waals surface area (Å²) in [6.45, 7) is 0. The van der Waals surface area contributed by atoms with E-state index in [1.165, 1.54) is 6.33 Å². The Hall–Kier alpha value is -2.63. The zero-order valence-electron chi connectivity index (χ0n) is 8.65. The molecule has 0 amide bonds. The second-order valence-electron chi connectivity index (χ2n) is 3.67. The van der Waals surface area contributed by atoms with Crippen LogP contribution in [0, 0.1) is 0 Å². The zero-order valence-corrected chi connectivity index (χ0v) is 8.65. The Morgan fingerprint density at radius 1 is 1.06 bits per heavy atom. The van der Waals surface area contributed by atoms with Crippen LogP contribution in [0.15, 0.2) is 37.3 Å². The standard InChI is InChI=1S/C11H6N6/c1-2-12-4-9-8(1)16-11-7-3-13-5-14-10(7)15-6-17(9)11/h1-6H. The van der Waals surface area contributed by atoms with Gasteiger partial charge in [-0.2, -0.15) is 0 Å². The molecule has 0 unspecified atom stereocenters. The van der Waals surface area contributed by atoms with E-state index in [2.05, 4.69) is 24.9 Å². The minimum Gasteiger partial charge on any atom is -0.281 e. The van der Waals surface area contributed by atoms with Crippen molar-refractivity contribution < 1.29 is 0 Å². The minimum absolute atomic E-state index is 0.649. The van der Waals surface area contributed by atoms with Crippen LogP contribution in [0.5, 0.6) is 0 Å². The second-order valence-corrected chi connectivity index (χ2v) is 3.67. The Balaban J connectivity index is 2.34. The zero-order chi connectivity index (χ0) is 11.2. The molecule has 6 nitrogen and oxygen atoms in total. The Bertz CT molecular complexity index is 850. The molecular formula is C11H6N6. The Morgan fingerprint density at radius 3 is 3.06 bits per heavy atom. The summed E-state index contributed by atoms with van der Waals surface area (Å²) >= 11 is 0. The van der Waals surface area contributed by atoms with Crippen molar-refractivity contribution in [3.63, 3.8) is 0 Å². The topological polar surface area (TPSA) is 68.9 Å². The van der Waals surface area contributed by atoms with E-state index in [0.717, 1.165) is 22.1 Å². The minimum atomic E-state index is 0.649. The van der Waals surface area contributed by atoms with Gasteiger partial charge >= 0.3 is 0 Å². The first-order valence-corrected chi connectivity index (χ1v) is 5.10. The van der Waals surface area contributed by atoms with E-state index < -0.39 is 0 Å². The number of aromatic nitrogens is 6. The quantitative estimate of drug-likeness (QED) is 0.447. The van der Waals surface area contributed by atoms with Crippen LogP contribution in [-0.2, 0) is 0 Å². The summed E-state index contributed by atoms with van der Waals surface area (Å²) in [6, 6.07) is 1.87. The molecule has 80 valence electrons. The highest BCUT2D eigenvalue weighted by Crippen LogP contribution is 2.19. The van der Waals surface area contributed by atoms with Gasteiger partial charge in [0.15, 0.2) is 11.3 Å². The van der Waals surface area contributed by atoms with Crippen molar-refractivity contribution in [3.8, 4) is 0 Å². The van der Waals surface area contributed by atoms with E-state index in [-0.39, 0.29) is 0 Å². The molecule has 0 radical (unpaired) electrons. The van der Waals surface area contributed by atoms with Crippen LogP contribution in [0.1, 0.15) is 0 Å². The maximum absolute atomic E-state index is 4.55. The molecule has 0 fully saturated rings. The number of hydrogen-bond acceptors (Lipinski definition) is 5. The SMILES string of the molecule is c1cc2nc3c4cncnc4ncn3c2cn1. The van der Waals surface area contributed by atoms with Crippen molar-refractivity contribution in [2.45, 2.75) is 0 Å². The first kappa shape index (κ1) is 8.51. The van der Waals surface area contributed by atoms with E-state index in [0.29, 0.717) is 5.65 Å². The molecule has 0 saturated heterocycles. The third kappa shape index (κ3) is 1.06. The molecule has 0 aliphatic rings. The Labute approximate surface area is 95.0 Å². The van der Waals surface area contributed by atoms with Gasteiger partial charge in [-0.1, -0.05) is 0 Å². The largest absolute Gasteiger partial charge is 0.281 e. The van der Waals surface area contributed by atoms with Gasteiger partial charge < -0.3 is 0 Å². The van der Waals surface area contributed by atoms with Gasteiger partial charge in [0.1, 0.15) is 12.7 Å². The average Bonchev–Trinajstić information content (AvgIpc) is 2.78. The van der Waals surface area contributed by atoms with Crippen LogP contribution in [-0.4, -0.2) is 29.3 Å². The van der Waals surface area contributed by atoms with Gasteiger partial charge in [-0.3, -0.25) is 9.38 Å². The molecule has 0 aromatic carbocycles. The third-order valence-electron chi connectivity index (χ3n) is 2.72. The van der Waals surface area contributed by atoms with Gasteiger partial charge in [0, 0.05) is 12.4 Å². The summed E-state index contributed by atoms with van der Waals surface area (Å²) in [5.41, 5.74) is 3.27. The average molecular weight is 222 g/mol. The van der Waals surface area contributed by atoms with Crippen molar-refractivity contribution in [1.82, 2.24) is 29.3 Å². The van der Waals surface area contributed by atoms with Gasteiger partial charge in [0.05, 0.1) is 22.6 Å². The van der Waals surface area contributed by atoms with Crippen LogP contribution in [0.2, 0.25) is 0 Å². The summed E-state index contributed by atoms with van der Waals surface area (Å²) in [5.74, 6) is 0. The highest BCUT2D eigenvalue weighted by molar-refractivity contribution is 5.93. The molecule has 17 heavy (non-hydrogen) atoms. The van der Waals surface area contributed by atoms with Crippen LogP contribution in [0.3, 0.4) is 0 Å². The van der Waals surface area contributed by atoms with Crippen molar-refractivity contribution in [1.29, 1.82) is 0 Å². The molecule has 4 heterocycles. The van der Waals surface area contributed by atoms with Crippen LogP contribution < -0.4 is 0 Å². The lowest BCUT2D eigenvalue weighted by Gasteiger charge is -1.97. The molecule has 6 heteroatoms. The monoisotopic (exact) mass is 222 g/mol. The lowest BCUT2D eigenvalue weighted by atomic mass is 10.4. The number of nitrogens with zero attached hydrogens (tertiary/aromatic N) is 6. The van der Waals surface area contributed by atoms with Gasteiger partial charge in [-0.15, -0.1) is 0 Å². The highest BCUT2D eigenvalue weighted by Gasteiger charge is 2.08. The summed E-state index contributed by atoms with van der Waals surface area (Å²) in [6.07, 6.45) is 8.41. The fourth-order valence-electron chi connectivity index (χ4n) is 1.94. The normalized spacial score (nSPS) is 11.5. The summed E-state index contributed by atoms with van der Waals surface area (Å²) in [4.78, 5) is 21.0. The first-order chi connectivity index (χ1) is 8.43. The van der Waals surface area contributed by atoms with Crippen molar-refractivity contribution >= 4 is 27.7 Å². The summed E-state index contributed by atoms with van der Waals surface area (Å²) in [7, 11) is 0. The lowest BCUT2D eigenvalue weighted by Crippen LogP contribution is -1.92. The van der Waals surface area contributed by atoms with Gasteiger partial charge in [-0.05, 0) is 6.07 Å². The van der Waals surface area contributed by atoms with E-state index in [1.807, 2.05) is 10.5 Å². The van der Waals surface area contributed by atoms with Crippen LogP contribution in [0.4, 0.5) is 0 Å².